The molecular formula is C22H26ClN7O2. The van der Waals surface area contributed by atoms with Crippen LogP contribution in [-0.4, -0.2) is 54.6 Å². The average molecular weight is 456 g/mol. The summed E-state index contributed by atoms with van der Waals surface area (Å²) in [7, 11) is 0. The first-order chi connectivity index (χ1) is 15.5. The summed E-state index contributed by atoms with van der Waals surface area (Å²) in [5.74, 6) is 1.80. The van der Waals surface area contributed by atoms with Gasteiger partial charge in [-0.25, -0.2) is 14.8 Å². The van der Waals surface area contributed by atoms with Gasteiger partial charge in [0.2, 0.25) is 5.95 Å². The van der Waals surface area contributed by atoms with Gasteiger partial charge in [0.1, 0.15) is 10.7 Å². The Hall–Kier alpha value is -3.07. The summed E-state index contributed by atoms with van der Waals surface area (Å²) in [5, 5.41) is 16.4. The van der Waals surface area contributed by atoms with Crippen LogP contribution in [-0.2, 0) is 0 Å². The van der Waals surface area contributed by atoms with E-state index in [-0.39, 0.29) is 12.0 Å². The van der Waals surface area contributed by atoms with Gasteiger partial charge in [-0.1, -0.05) is 18.5 Å². The molecule has 9 nitrogen and oxygen atoms in total. The van der Waals surface area contributed by atoms with Crippen LogP contribution in [0, 0.1) is 5.92 Å². The van der Waals surface area contributed by atoms with Crippen LogP contribution in [0.3, 0.4) is 0 Å². The maximum absolute atomic E-state index is 11.3. The number of likely N-dealkylation sites (tertiary alicyclic amines) is 1. The first-order valence-corrected chi connectivity index (χ1v) is 11.4. The molecule has 2 aliphatic rings. The second kappa shape index (κ2) is 8.46. The van der Waals surface area contributed by atoms with Gasteiger partial charge in [0.05, 0.1) is 6.20 Å². The van der Waals surface area contributed by atoms with Crippen LogP contribution < -0.4 is 10.6 Å². The Labute approximate surface area is 190 Å². The van der Waals surface area contributed by atoms with E-state index in [0.717, 1.165) is 17.8 Å². The zero-order valence-corrected chi connectivity index (χ0v) is 18.6. The number of aromatic nitrogens is 4. The maximum atomic E-state index is 11.3. The van der Waals surface area contributed by atoms with Crippen molar-refractivity contribution in [3.05, 3.63) is 41.4 Å². The van der Waals surface area contributed by atoms with E-state index in [0.29, 0.717) is 42.2 Å². The molecule has 0 spiro atoms. The number of amides is 1. The van der Waals surface area contributed by atoms with Gasteiger partial charge in [-0.05, 0) is 37.7 Å². The minimum Gasteiger partial charge on any atom is -0.465 e. The lowest BCUT2D eigenvalue weighted by atomic mass is 9.90. The highest BCUT2D eigenvalue weighted by atomic mass is 35.5. The van der Waals surface area contributed by atoms with Crippen LogP contribution in [0.4, 0.5) is 22.2 Å². The molecule has 1 aliphatic carbocycles. The highest BCUT2D eigenvalue weighted by Crippen LogP contribution is 2.40. The van der Waals surface area contributed by atoms with Crippen molar-refractivity contribution in [1.29, 1.82) is 0 Å². The van der Waals surface area contributed by atoms with Gasteiger partial charge in [0, 0.05) is 54.9 Å². The molecule has 32 heavy (non-hydrogen) atoms. The fourth-order valence-electron chi connectivity index (χ4n) is 4.40. The molecule has 2 unspecified atom stereocenters. The molecule has 5 rings (SSSR count). The van der Waals surface area contributed by atoms with Crippen LogP contribution in [0.25, 0.3) is 5.65 Å². The molecule has 0 bridgehead atoms. The lowest BCUT2D eigenvalue weighted by molar-refractivity contribution is 0.115. The zero-order valence-electron chi connectivity index (χ0n) is 17.8. The molecule has 3 N–H and O–H groups in total. The van der Waals surface area contributed by atoms with Crippen LogP contribution in [0.5, 0.6) is 0 Å². The van der Waals surface area contributed by atoms with Crippen molar-refractivity contribution in [2.45, 2.75) is 44.6 Å². The van der Waals surface area contributed by atoms with Crippen molar-refractivity contribution in [3.8, 4) is 0 Å². The van der Waals surface area contributed by atoms with E-state index >= 15 is 0 Å². The molecule has 1 aliphatic heterocycles. The van der Waals surface area contributed by atoms with Gasteiger partial charge < -0.3 is 25.0 Å². The number of nitrogens with zero attached hydrogens (tertiary/aromatic N) is 5. The summed E-state index contributed by atoms with van der Waals surface area (Å²) in [5.41, 5.74) is 3.00. The number of rotatable bonds is 6. The second-order valence-electron chi connectivity index (χ2n) is 8.55. The molecule has 0 aromatic carbocycles. The molecule has 2 atom stereocenters. The normalized spacial score (nSPS) is 21.0. The number of carbonyl (C=O) groups is 1. The van der Waals surface area contributed by atoms with Gasteiger partial charge in [-0.2, -0.15) is 4.98 Å². The number of piperidine rings is 1. The highest BCUT2D eigenvalue weighted by Gasteiger charge is 2.31. The number of pyridine rings is 1. The molecule has 3 aromatic heterocycles. The van der Waals surface area contributed by atoms with Crippen LogP contribution in [0.1, 0.15) is 44.2 Å². The molecule has 2 fully saturated rings. The van der Waals surface area contributed by atoms with Crippen LogP contribution >= 0.6 is 11.6 Å². The van der Waals surface area contributed by atoms with Crippen molar-refractivity contribution >= 4 is 40.8 Å². The second-order valence-corrected chi connectivity index (χ2v) is 8.96. The summed E-state index contributed by atoms with van der Waals surface area (Å²) in [6, 6.07) is 4.06. The van der Waals surface area contributed by atoms with E-state index in [4.69, 9.17) is 11.6 Å². The van der Waals surface area contributed by atoms with Gasteiger partial charge in [-0.3, -0.25) is 0 Å². The minimum absolute atomic E-state index is 0.0953. The Kier molecular flexibility index (Phi) is 5.50. The molecule has 4 heterocycles. The van der Waals surface area contributed by atoms with Crippen molar-refractivity contribution < 1.29 is 9.90 Å². The number of hydrogen-bond donors (Lipinski definition) is 3. The quantitative estimate of drug-likeness (QED) is 0.498. The molecule has 1 saturated carbocycles. The van der Waals surface area contributed by atoms with Crippen molar-refractivity contribution in [2.24, 2.45) is 5.92 Å². The molecule has 1 saturated heterocycles. The molecular weight excluding hydrogens is 430 g/mol. The van der Waals surface area contributed by atoms with E-state index in [9.17, 15) is 9.90 Å². The minimum atomic E-state index is -0.868. The van der Waals surface area contributed by atoms with Crippen LogP contribution in [0.2, 0.25) is 5.02 Å². The predicted molar refractivity (Wildman–Crippen MR) is 123 cm³/mol. The zero-order chi connectivity index (χ0) is 22.2. The fraction of sp³-hybridized carbons (Fsp3) is 0.455. The van der Waals surface area contributed by atoms with Crippen molar-refractivity contribution in [3.63, 3.8) is 0 Å². The number of anilines is 3. The third kappa shape index (κ3) is 4.17. The Morgan fingerprint density at radius 3 is 2.88 bits per heavy atom. The summed E-state index contributed by atoms with van der Waals surface area (Å²) < 4.78 is 2.13. The van der Waals surface area contributed by atoms with Crippen molar-refractivity contribution in [1.82, 2.24) is 24.3 Å². The average Bonchev–Trinajstić information content (AvgIpc) is 3.55. The largest absolute Gasteiger partial charge is 0.465 e. The van der Waals surface area contributed by atoms with E-state index in [1.165, 1.54) is 23.4 Å². The standard InChI is InChI=1S/C22H26ClN7O2/c1-2-13-12-29(22(31)32)7-6-17(13)27-20-16(23)10-25-21(28-20)26-15-5-8-30-18(14-3-4-14)11-24-19(30)9-15/h5,8-11,13-14,17H,2-4,6-7,12H2,1H3,(H,31,32)(H2,25,26,27,28). The summed E-state index contributed by atoms with van der Waals surface area (Å²) >= 11 is 6.37. The third-order valence-corrected chi connectivity index (χ3v) is 6.67. The molecule has 3 aromatic rings. The number of hydrogen-bond acceptors (Lipinski definition) is 6. The lowest BCUT2D eigenvalue weighted by Gasteiger charge is -2.37. The topological polar surface area (TPSA) is 108 Å². The highest BCUT2D eigenvalue weighted by molar-refractivity contribution is 6.32. The molecule has 168 valence electrons. The number of fused-ring (bicyclic) bond motifs is 1. The van der Waals surface area contributed by atoms with Crippen molar-refractivity contribution in [2.75, 3.05) is 23.7 Å². The predicted octanol–water partition coefficient (Wildman–Crippen LogP) is 4.59. The summed E-state index contributed by atoms with van der Waals surface area (Å²) in [6.07, 6.45) is 8.72. The van der Waals surface area contributed by atoms with Gasteiger partial charge >= 0.3 is 6.09 Å². The number of imidazole rings is 1. The molecule has 10 heteroatoms. The first-order valence-electron chi connectivity index (χ1n) is 11.0. The van der Waals surface area contributed by atoms with E-state index in [2.05, 4.69) is 36.9 Å². The van der Waals surface area contributed by atoms with E-state index in [1.807, 2.05) is 24.5 Å². The van der Waals surface area contributed by atoms with Gasteiger partial charge in [-0.15, -0.1) is 0 Å². The Balaban J connectivity index is 1.31. The monoisotopic (exact) mass is 455 g/mol. The summed E-state index contributed by atoms with van der Waals surface area (Å²) in [6.45, 7) is 3.06. The first kappa shape index (κ1) is 20.8. The Morgan fingerprint density at radius 1 is 1.28 bits per heavy atom. The number of carboxylic acid groups (broad SMARTS) is 1. The van der Waals surface area contributed by atoms with Gasteiger partial charge in [0.15, 0.2) is 5.82 Å². The Morgan fingerprint density at radius 2 is 2.12 bits per heavy atom. The number of halogens is 1. The maximum Gasteiger partial charge on any atom is 0.407 e. The van der Waals surface area contributed by atoms with Gasteiger partial charge in [0.25, 0.3) is 0 Å². The fourth-order valence-corrected chi connectivity index (χ4v) is 4.55. The molecule has 1 amide bonds. The third-order valence-electron chi connectivity index (χ3n) is 6.39. The van der Waals surface area contributed by atoms with E-state index in [1.54, 1.807) is 6.20 Å². The smallest absolute Gasteiger partial charge is 0.407 e. The molecule has 0 radical (unpaired) electrons. The SMILES string of the molecule is CCC1CN(C(=O)O)CCC1Nc1nc(Nc2ccn3c(C4CC4)cnc3c2)ncc1Cl. The van der Waals surface area contributed by atoms with Crippen LogP contribution in [0.15, 0.2) is 30.7 Å². The lowest BCUT2D eigenvalue weighted by Crippen LogP contribution is -2.48. The van der Waals surface area contributed by atoms with E-state index < -0.39 is 6.09 Å². The summed E-state index contributed by atoms with van der Waals surface area (Å²) in [4.78, 5) is 26.2. The Bertz CT molecular complexity index is 1150. The number of nitrogens with one attached hydrogen (secondary N) is 2.